The molecule has 0 saturated carbocycles. The molecule has 20 heavy (non-hydrogen) atoms. The SMILES string of the molecule is CC(=O)OC(C)(C)C(=O)NCCNC(=O)OC(C)(C)C. The molecule has 2 amide bonds. The molecule has 7 nitrogen and oxygen atoms in total. The van der Waals surface area contributed by atoms with Crippen molar-refractivity contribution in [3.63, 3.8) is 0 Å². The van der Waals surface area contributed by atoms with Gasteiger partial charge in [-0.1, -0.05) is 0 Å². The van der Waals surface area contributed by atoms with Gasteiger partial charge in [0.05, 0.1) is 0 Å². The maximum atomic E-state index is 11.7. The van der Waals surface area contributed by atoms with Gasteiger partial charge in [-0.05, 0) is 34.6 Å². The van der Waals surface area contributed by atoms with Crippen molar-refractivity contribution < 1.29 is 23.9 Å². The molecule has 116 valence electrons. The van der Waals surface area contributed by atoms with Crippen LogP contribution in [-0.4, -0.2) is 42.3 Å². The number of hydrogen-bond donors (Lipinski definition) is 2. The Balaban J connectivity index is 3.99. The van der Waals surface area contributed by atoms with Crippen LogP contribution in [-0.2, 0) is 19.1 Å². The lowest BCUT2D eigenvalue weighted by molar-refractivity contribution is -0.162. The maximum Gasteiger partial charge on any atom is 0.407 e. The smallest absolute Gasteiger partial charge is 0.407 e. The summed E-state index contributed by atoms with van der Waals surface area (Å²) < 4.78 is 9.91. The van der Waals surface area contributed by atoms with Gasteiger partial charge in [0.25, 0.3) is 5.91 Å². The van der Waals surface area contributed by atoms with Gasteiger partial charge in [0.1, 0.15) is 5.60 Å². The van der Waals surface area contributed by atoms with Gasteiger partial charge in [-0.2, -0.15) is 0 Å². The zero-order chi connectivity index (χ0) is 16.0. The van der Waals surface area contributed by atoms with E-state index in [2.05, 4.69) is 10.6 Å². The fraction of sp³-hybridized carbons (Fsp3) is 0.769. The Kier molecular flexibility index (Phi) is 6.48. The molecule has 2 N–H and O–H groups in total. The van der Waals surface area contributed by atoms with Crippen LogP contribution in [0.4, 0.5) is 4.79 Å². The van der Waals surface area contributed by atoms with E-state index in [1.165, 1.54) is 20.8 Å². The number of carbonyl (C=O) groups is 3. The highest BCUT2D eigenvalue weighted by Crippen LogP contribution is 2.09. The van der Waals surface area contributed by atoms with Crippen molar-refractivity contribution in [1.29, 1.82) is 0 Å². The predicted molar refractivity (Wildman–Crippen MR) is 73.1 cm³/mol. The standard InChI is InChI=1S/C13H24N2O5/c1-9(16)19-13(5,6)10(17)14-7-8-15-11(18)20-12(2,3)4/h7-8H2,1-6H3,(H,14,17)(H,15,18). The summed E-state index contributed by atoms with van der Waals surface area (Å²) in [4.78, 5) is 33.9. The summed E-state index contributed by atoms with van der Waals surface area (Å²) >= 11 is 0. The zero-order valence-electron chi connectivity index (χ0n) is 13.0. The lowest BCUT2D eigenvalue weighted by atomic mass is 10.1. The number of ether oxygens (including phenoxy) is 2. The van der Waals surface area contributed by atoms with Gasteiger partial charge in [0.15, 0.2) is 5.60 Å². The molecule has 0 bridgehead atoms. The summed E-state index contributed by atoms with van der Waals surface area (Å²) in [6.07, 6.45) is -0.550. The highest BCUT2D eigenvalue weighted by atomic mass is 16.6. The summed E-state index contributed by atoms with van der Waals surface area (Å²) in [6, 6.07) is 0. The summed E-state index contributed by atoms with van der Waals surface area (Å²) in [5, 5.41) is 5.06. The number of amides is 2. The minimum atomic E-state index is -1.24. The number of esters is 1. The monoisotopic (exact) mass is 288 g/mol. The van der Waals surface area contributed by atoms with Crippen molar-refractivity contribution >= 4 is 18.0 Å². The van der Waals surface area contributed by atoms with E-state index in [0.29, 0.717) is 0 Å². The van der Waals surface area contributed by atoms with Crippen molar-refractivity contribution in [2.24, 2.45) is 0 Å². The fourth-order valence-corrected chi connectivity index (χ4v) is 1.27. The van der Waals surface area contributed by atoms with Crippen molar-refractivity contribution in [1.82, 2.24) is 10.6 Å². The van der Waals surface area contributed by atoms with E-state index in [-0.39, 0.29) is 13.1 Å². The summed E-state index contributed by atoms with van der Waals surface area (Å²) in [5.41, 5.74) is -1.80. The zero-order valence-corrected chi connectivity index (χ0v) is 13.0. The molecule has 0 aliphatic heterocycles. The first-order valence-corrected chi connectivity index (χ1v) is 6.39. The topological polar surface area (TPSA) is 93.7 Å². The lowest BCUT2D eigenvalue weighted by Crippen LogP contribution is -2.47. The molecule has 0 spiro atoms. The van der Waals surface area contributed by atoms with E-state index in [9.17, 15) is 14.4 Å². The Bertz CT molecular complexity index is 371. The molecular formula is C13H24N2O5. The molecular weight excluding hydrogens is 264 g/mol. The van der Waals surface area contributed by atoms with Gasteiger partial charge in [-0.3, -0.25) is 9.59 Å². The number of nitrogens with one attached hydrogen (secondary N) is 2. The first-order chi connectivity index (χ1) is 8.94. The largest absolute Gasteiger partial charge is 0.450 e. The van der Waals surface area contributed by atoms with E-state index in [1.807, 2.05) is 0 Å². The molecule has 7 heteroatoms. The Morgan fingerprint density at radius 1 is 0.900 bits per heavy atom. The second-order valence-electron chi connectivity index (χ2n) is 5.79. The average molecular weight is 288 g/mol. The van der Waals surface area contributed by atoms with Crippen LogP contribution in [0.3, 0.4) is 0 Å². The van der Waals surface area contributed by atoms with E-state index in [1.54, 1.807) is 20.8 Å². The molecule has 0 heterocycles. The van der Waals surface area contributed by atoms with Crippen LogP contribution in [0.5, 0.6) is 0 Å². The second kappa shape index (κ2) is 7.12. The minimum absolute atomic E-state index is 0.211. The predicted octanol–water partition coefficient (Wildman–Crippen LogP) is 0.969. The molecule has 0 fully saturated rings. The second-order valence-corrected chi connectivity index (χ2v) is 5.79. The van der Waals surface area contributed by atoms with E-state index < -0.39 is 29.2 Å². The third-order valence-electron chi connectivity index (χ3n) is 2.02. The molecule has 0 rings (SSSR count). The maximum absolute atomic E-state index is 11.7. The van der Waals surface area contributed by atoms with Gasteiger partial charge in [0.2, 0.25) is 0 Å². The molecule has 0 unspecified atom stereocenters. The van der Waals surface area contributed by atoms with Crippen LogP contribution in [0.2, 0.25) is 0 Å². The highest BCUT2D eigenvalue weighted by molar-refractivity contribution is 5.86. The molecule has 0 aliphatic carbocycles. The molecule has 0 aliphatic rings. The molecule has 0 saturated heterocycles. The first-order valence-electron chi connectivity index (χ1n) is 6.39. The third-order valence-corrected chi connectivity index (χ3v) is 2.02. The quantitative estimate of drug-likeness (QED) is 0.580. The van der Waals surface area contributed by atoms with Crippen molar-refractivity contribution in [2.75, 3.05) is 13.1 Å². The van der Waals surface area contributed by atoms with Crippen LogP contribution in [0.1, 0.15) is 41.5 Å². The number of rotatable bonds is 5. The number of alkyl carbamates (subject to hydrolysis) is 1. The highest BCUT2D eigenvalue weighted by Gasteiger charge is 2.30. The molecule has 0 atom stereocenters. The van der Waals surface area contributed by atoms with Crippen LogP contribution < -0.4 is 10.6 Å². The summed E-state index contributed by atoms with van der Waals surface area (Å²) in [7, 11) is 0. The molecule has 0 aromatic rings. The van der Waals surface area contributed by atoms with Gasteiger partial charge in [0, 0.05) is 20.0 Å². The van der Waals surface area contributed by atoms with E-state index in [4.69, 9.17) is 9.47 Å². The fourth-order valence-electron chi connectivity index (χ4n) is 1.27. The number of carbonyl (C=O) groups excluding carboxylic acids is 3. The number of hydrogen-bond acceptors (Lipinski definition) is 5. The normalized spacial score (nSPS) is 11.5. The molecule has 0 radical (unpaired) electrons. The van der Waals surface area contributed by atoms with Crippen molar-refractivity contribution in [3.05, 3.63) is 0 Å². The Labute approximate surface area is 119 Å². The van der Waals surface area contributed by atoms with Gasteiger partial charge >= 0.3 is 12.1 Å². The van der Waals surface area contributed by atoms with Gasteiger partial charge < -0.3 is 20.1 Å². The Morgan fingerprint density at radius 3 is 1.85 bits per heavy atom. The average Bonchev–Trinajstić information content (AvgIpc) is 2.19. The van der Waals surface area contributed by atoms with E-state index in [0.717, 1.165) is 0 Å². The third kappa shape index (κ3) is 8.34. The van der Waals surface area contributed by atoms with Crippen LogP contribution in [0, 0.1) is 0 Å². The van der Waals surface area contributed by atoms with Crippen LogP contribution in [0.15, 0.2) is 0 Å². The molecule has 0 aromatic carbocycles. The molecule has 0 aromatic heterocycles. The summed E-state index contributed by atoms with van der Waals surface area (Å²) in [5.74, 6) is -0.962. The van der Waals surface area contributed by atoms with Gasteiger partial charge in [-0.15, -0.1) is 0 Å². The van der Waals surface area contributed by atoms with Crippen LogP contribution >= 0.6 is 0 Å². The van der Waals surface area contributed by atoms with Crippen molar-refractivity contribution in [2.45, 2.75) is 52.7 Å². The van der Waals surface area contributed by atoms with Crippen molar-refractivity contribution in [3.8, 4) is 0 Å². The van der Waals surface area contributed by atoms with Gasteiger partial charge in [-0.25, -0.2) is 4.79 Å². The van der Waals surface area contributed by atoms with E-state index >= 15 is 0 Å². The lowest BCUT2D eigenvalue weighted by Gasteiger charge is -2.23. The Morgan fingerprint density at radius 2 is 1.40 bits per heavy atom. The first kappa shape index (κ1) is 18.2. The van der Waals surface area contributed by atoms with Crippen LogP contribution in [0.25, 0.3) is 0 Å². The Hall–Kier alpha value is -1.79. The summed E-state index contributed by atoms with van der Waals surface area (Å²) in [6.45, 7) is 9.93. The minimum Gasteiger partial charge on any atom is -0.450 e.